The van der Waals surface area contributed by atoms with Gasteiger partial charge in [-0.3, -0.25) is 4.79 Å². The second kappa shape index (κ2) is 4.17. The van der Waals surface area contributed by atoms with Crippen molar-refractivity contribution in [2.24, 2.45) is 5.92 Å². The molecule has 1 aromatic carbocycles. The molecule has 2 atom stereocenters. The molecule has 0 aliphatic heterocycles. The number of rotatable bonds is 2. The summed E-state index contributed by atoms with van der Waals surface area (Å²) in [4.78, 5) is 11.0. The van der Waals surface area contributed by atoms with E-state index in [1.807, 2.05) is 0 Å². The van der Waals surface area contributed by atoms with Crippen LogP contribution in [-0.4, -0.2) is 11.1 Å². The maximum Gasteiger partial charge on any atom is 0.307 e. The van der Waals surface area contributed by atoms with Gasteiger partial charge in [0.25, 0.3) is 0 Å². The highest BCUT2D eigenvalue weighted by molar-refractivity contribution is 5.72. The lowest BCUT2D eigenvalue weighted by Gasteiger charge is -2.34. The van der Waals surface area contributed by atoms with Crippen LogP contribution in [0.1, 0.15) is 50.7 Å². The zero-order chi connectivity index (χ0) is 12.6. The summed E-state index contributed by atoms with van der Waals surface area (Å²) in [6.07, 6.45) is 1.83. The average molecular weight is 232 g/mol. The van der Waals surface area contributed by atoms with Gasteiger partial charge in [-0.05, 0) is 35.3 Å². The number of carboxylic acids is 1. The van der Waals surface area contributed by atoms with Gasteiger partial charge in [0.05, 0.1) is 5.92 Å². The van der Waals surface area contributed by atoms with Crippen LogP contribution in [0.4, 0.5) is 0 Å². The molecule has 0 heterocycles. The van der Waals surface area contributed by atoms with Crippen LogP contribution in [0.5, 0.6) is 0 Å². The quantitative estimate of drug-likeness (QED) is 0.846. The van der Waals surface area contributed by atoms with Crippen molar-refractivity contribution in [3.05, 3.63) is 35.4 Å². The largest absolute Gasteiger partial charge is 0.481 e. The van der Waals surface area contributed by atoms with Crippen molar-refractivity contribution >= 4 is 5.97 Å². The van der Waals surface area contributed by atoms with Gasteiger partial charge in [0.2, 0.25) is 0 Å². The minimum Gasteiger partial charge on any atom is -0.481 e. The third-order valence-corrected chi connectivity index (χ3v) is 3.80. The molecule has 1 fully saturated rings. The molecule has 0 radical (unpaired) electrons. The zero-order valence-electron chi connectivity index (χ0n) is 10.7. The number of benzene rings is 1. The highest BCUT2D eigenvalue weighted by atomic mass is 16.4. The van der Waals surface area contributed by atoms with Crippen molar-refractivity contribution in [3.8, 4) is 0 Å². The number of carbonyl (C=O) groups is 1. The Kier molecular flexibility index (Phi) is 2.98. The van der Waals surface area contributed by atoms with Crippen molar-refractivity contribution in [3.63, 3.8) is 0 Å². The van der Waals surface area contributed by atoms with E-state index >= 15 is 0 Å². The summed E-state index contributed by atoms with van der Waals surface area (Å²) in [7, 11) is 0. The van der Waals surface area contributed by atoms with Crippen LogP contribution in [0.2, 0.25) is 0 Å². The highest BCUT2D eigenvalue weighted by Gasteiger charge is 2.37. The van der Waals surface area contributed by atoms with Gasteiger partial charge in [0.15, 0.2) is 0 Å². The molecule has 92 valence electrons. The number of carboxylic acid groups (broad SMARTS) is 1. The second-order valence-electron chi connectivity index (χ2n) is 6.00. The van der Waals surface area contributed by atoms with Crippen molar-refractivity contribution in [1.29, 1.82) is 0 Å². The first kappa shape index (κ1) is 12.2. The summed E-state index contributed by atoms with van der Waals surface area (Å²) in [6, 6.07) is 8.46. The summed E-state index contributed by atoms with van der Waals surface area (Å²) in [5.41, 5.74) is 2.63. The predicted molar refractivity (Wildman–Crippen MR) is 68.2 cm³/mol. The smallest absolute Gasteiger partial charge is 0.307 e. The van der Waals surface area contributed by atoms with Crippen molar-refractivity contribution < 1.29 is 9.90 Å². The van der Waals surface area contributed by atoms with E-state index in [0.29, 0.717) is 0 Å². The summed E-state index contributed by atoms with van der Waals surface area (Å²) < 4.78 is 0. The predicted octanol–water partition coefficient (Wildman–Crippen LogP) is 3.56. The standard InChI is InChI=1S/C15H20O2/c1-15(2,3)11-6-4-10(5-7-11)12-8-9-13(12)14(16)17/h4-7,12-13H,8-9H2,1-3H3,(H,16,17). The Morgan fingerprint density at radius 1 is 1.18 bits per heavy atom. The topological polar surface area (TPSA) is 37.3 Å². The summed E-state index contributed by atoms with van der Waals surface area (Å²) in [5, 5.41) is 9.05. The Hall–Kier alpha value is -1.31. The number of aliphatic carboxylic acids is 1. The lowest BCUT2D eigenvalue weighted by molar-refractivity contribution is -0.145. The Morgan fingerprint density at radius 2 is 1.76 bits per heavy atom. The van der Waals surface area contributed by atoms with E-state index in [1.54, 1.807) is 0 Å². The molecule has 0 saturated heterocycles. The third-order valence-electron chi connectivity index (χ3n) is 3.80. The second-order valence-corrected chi connectivity index (χ2v) is 6.00. The monoisotopic (exact) mass is 232 g/mol. The van der Waals surface area contributed by atoms with E-state index in [2.05, 4.69) is 45.0 Å². The Bertz CT molecular complexity index is 412. The first-order valence-corrected chi connectivity index (χ1v) is 6.23. The average Bonchev–Trinajstić information content (AvgIpc) is 2.14. The van der Waals surface area contributed by atoms with Crippen molar-refractivity contribution in [2.45, 2.75) is 44.9 Å². The normalized spacial score (nSPS) is 24.2. The summed E-state index contributed by atoms with van der Waals surface area (Å²) in [5.74, 6) is -0.599. The van der Waals surface area contributed by atoms with Gasteiger partial charge in [0.1, 0.15) is 0 Å². The van der Waals surface area contributed by atoms with E-state index in [1.165, 1.54) is 11.1 Å². The van der Waals surface area contributed by atoms with E-state index in [0.717, 1.165) is 12.8 Å². The first-order valence-electron chi connectivity index (χ1n) is 6.23. The van der Waals surface area contributed by atoms with Crippen molar-refractivity contribution in [1.82, 2.24) is 0 Å². The van der Waals surface area contributed by atoms with Crippen LogP contribution in [0.25, 0.3) is 0 Å². The van der Waals surface area contributed by atoms with Gasteiger partial charge < -0.3 is 5.11 Å². The lowest BCUT2D eigenvalue weighted by atomic mass is 9.69. The fourth-order valence-electron chi connectivity index (χ4n) is 2.42. The molecule has 1 N–H and O–H groups in total. The Balaban J connectivity index is 2.16. The van der Waals surface area contributed by atoms with Gasteiger partial charge in [-0.15, -0.1) is 0 Å². The molecule has 0 aromatic heterocycles. The summed E-state index contributed by atoms with van der Waals surface area (Å²) in [6.45, 7) is 6.56. The molecule has 0 spiro atoms. The molecular weight excluding hydrogens is 212 g/mol. The fourth-order valence-corrected chi connectivity index (χ4v) is 2.42. The zero-order valence-corrected chi connectivity index (χ0v) is 10.7. The molecule has 2 nitrogen and oxygen atoms in total. The van der Waals surface area contributed by atoms with Crippen LogP contribution in [0, 0.1) is 5.92 Å². The van der Waals surface area contributed by atoms with Gasteiger partial charge >= 0.3 is 5.97 Å². The summed E-state index contributed by atoms with van der Waals surface area (Å²) >= 11 is 0. The minimum absolute atomic E-state index is 0.157. The molecule has 0 bridgehead atoms. The fraction of sp³-hybridized carbons (Fsp3) is 0.533. The molecular formula is C15H20O2. The third kappa shape index (κ3) is 2.36. The molecule has 2 rings (SSSR count). The molecule has 1 aromatic rings. The maximum atomic E-state index is 11.0. The van der Waals surface area contributed by atoms with Crippen molar-refractivity contribution in [2.75, 3.05) is 0 Å². The number of hydrogen-bond acceptors (Lipinski definition) is 1. The molecule has 1 aliphatic carbocycles. The van der Waals surface area contributed by atoms with Gasteiger partial charge in [0, 0.05) is 0 Å². The molecule has 0 amide bonds. The van der Waals surface area contributed by atoms with Crippen LogP contribution in [-0.2, 0) is 10.2 Å². The number of hydrogen-bond donors (Lipinski definition) is 1. The van der Waals surface area contributed by atoms with E-state index in [-0.39, 0.29) is 17.3 Å². The minimum atomic E-state index is -0.652. The van der Waals surface area contributed by atoms with E-state index < -0.39 is 5.97 Å². The lowest BCUT2D eigenvalue weighted by Crippen LogP contribution is -2.30. The van der Waals surface area contributed by atoms with E-state index in [4.69, 9.17) is 5.11 Å². The Morgan fingerprint density at radius 3 is 2.12 bits per heavy atom. The molecule has 17 heavy (non-hydrogen) atoms. The highest BCUT2D eigenvalue weighted by Crippen LogP contribution is 2.42. The van der Waals surface area contributed by atoms with Gasteiger partial charge in [-0.25, -0.2) is 0 Å². The van der Waals surface area contributed by atoms with Crippen LogP contribution in [0.3, 0.4) is 0 Å². The molecule has 1 aliphatic rings. The van der Waals surface area contributed by atoms with E-state index in [9.17, 15) is 4.79 Å². The van der Waals surface area contributed by atoms with Gasteiger partial charge in [-0.2, -0.15) is 0 Å². The molecule has 2 heteroatoms. The molecule has 2 unspecified atom stereocenters. The molecule has 1 saturated carbocycles. The first-order chi connectivity index (χ1) is 7.89. The SMILES string of the molecule is CC(C)(C)c1ccc(C2CCC2C(=O)O)cc1. The Labute approximate surface area is 103 Å². The van der Waals surface area contributed by atoms with Gasteiger partial charge in [-0.1, -0.05) is 45.0 Å². The maximum absolute atomic E-state index is 11.0. The van der Waals surface area contributed by atoms with Crippen LogP contribution >= 0.6 is 0 Å². The van der Waals surface area contributed by atoms with Crippen LogP contribution < -0.4 is 0 Å². The van der Waals surface area contributed by atoms with Crippen LogP contribution in [0.15, 0.2) is 24.3 Å².